The summed E-state index contributed by atoms with van der Waals surface area (Å²) in [7, 11) is 1.52. The minimum absolute atomic E-state index is 0.212. The van der Waals surface area contributed by atoms with Crippen LogP contribution in [-0.2, 0) is 7.05 Å². The topological polar surface area (TPSA) is 107 Å². The average molecular weight is 416 g/mol. The van der Waals surface area contributed by atoms with Crippen LogP contribution in [0, 0.1) is 0 Å². The molecule has 0 N–H and O–H groups in total. The van der Waals surface area contributed by atoms with Crippen molar-refractivity contribution in [2.45, 2.75) is 25.3 Å². The molecule has 0 spiro atoms. The summed E-state index contributed by atoms with van der Waals surface area (Å²) in [5.41, 5.74) is 0.561. The van der Waals surface area contributed by atoms with E-state index in [1.165, 1.54) is 19.2 Å². The molecule has 4 heterocycles. The zero-order chi connectivity index (χ0) is 21.4. The second-order valence-corrected chi connectivity index (χ2v) is 7.52. The van der Waals surface area contributed by atoms with Gasteiger partial charge in [0.2, 0.25) is 5.89 Å². The number of carbonyl (C=O) groups excluding carboxylic acids is 1. The predicted molar refractivity (Wildman–Crippen MR) is 112 cm³/mol. The van der Waals surface area contributed by atoms with Gasteiger partial charge in [0.25, 0.3) is 17.4 Å². The van der Waals surface area contributed by atoms with Crippen molar-refractivity contribution in [1.29, 1.82) is 0 Å². The Kier molecular flexibility index (Phi) is 4.78. The van der Waals surface area contributed by atoms with E-state index >= 15 is 0 Å². The smallest absolute Gasteiger partial charge is 0.274 e. The highest BCUT2D eigenvalue weighted by molar-refractivity contribution is 5.93. The molecule has 1 fully saturated rings. The zero-order valence-corrected chi connectivity index (χ0v) is 16.9. The molecule has 0 unspecified atom stereocenters. The summed E-state index contributed by atoms with van der Waals surface area (Å²) in [4.78, 5) is 30.9. The third kappa shape index (κ3) is 3.48. The quantitative estimate of drug-likeness (QED) is 0.505. The van der Waals surface area contributed by atoms with E-state index in [2.05, 4.69) is 20.3 Å². The fourth-order valence-electron chi connectivity index (χ4n) is 3.95. The maximum atomic E-state index is 13.1. The number of carbonyl (C=O) groups is 1. The van der Waals surface area contributed by atoms with E-state index in [-0.39, 0.29) is 23.2 Å². The number of nitrogens with zero attached hydrogens (tertiary/aromatic N) is 6. The van der Waals surface area contributed by atoms with Gasteiger partial charge in [0.1, 0.15) is 17.4 Å². The monoisotopic (exact) mass is 416 g/mol. The minimum Gasteiger partial charge on any atom is -0.417 e. The highest BCUT2D eigenvalue weighted by atomic mass is 16.4. The van der Waals surface area contributed by atoms with Gasteiger partial charge in [-0.1, -0.05) is 24.3 Å². The van der Waals surface area contributed by atoms with Gasteiger partial charge in [0.05, 0.1) is 0 Å². The van der Waals surface area contributed by atoms with Crippen molar-refractivity contribution < 1.29 is 9.21 Å². The fraction of sp³-hybridized carbons (Fsp3) is 0.273. The SMILES string of the molecule is Cn1nc(C(=O)N2CCCC[C@H]2c2nnc(-c3nccc4ccccc34)o2)ccc1=O. The minimum atomic E-state index is -0.350. The standard InChI is InChI=1S/C22H20N6O3/c1-27-18(29)10-9-16(26-27)22(30)28-13-5-4-8-17(28)20-24-25-21(31-20)19-15-7-3-2-6-14(15)11-12-23-19/h2-3,6-7,9-12,17H,4-5,8,13H2,1H3/t17-/m0/s1. The number of piperidine rings is 1. The first kappa shape index (κ1) is 19.1. The summed E-state index contributed by atoms with van der Waals surface area (Å²) in [5, 5.41) is 14.5. The Bertz CT molecular complexity index is 1320. The van der Waals surface area contributed by atoms with Gasteiger partial charge in [0, 0.05) is 31.2 Å². The number of hydrogen-bond donors (Lipinski definition) is 0. The molecule has 1 aromatic carbocycles. The second-order valence-electron chi connectivity index (χ2n) is 7.52. The Morgan fingerprint density at radius 2 is 1.97 bits per heavy atom. The molecule has 9 heteroatoms. The van der Waals surface area contributed by atoms with Crippen molar-refractivity contribution in [3.63, 3.8) is 0 Å². The van der Waals surface area contributed by atoms with Crippen LogP contribution >= 0.6 is 0 Å². The normalized spacial score (nSPS) is 16.5. The van der Waals surface area contributed by atoms with Crippen LogP contribution < -0.4 is 5.56 Å². The van der Waals surface area contributed by atoms with Gasteiger partial charge in [-0.15, -0.1) is 10.2 Å². The number of hydrogen-bond acceptors (Lipinski definition) is 7. The Hall–Kier alpha value is -3.88. The van der Waals surface area contributed by atoms with Crippen LogP contribution in [0.15, 0.2) is 57.9 Å². The van der Waals surface area contributed by atoms with Crippen molar-refractivity contribution in [2.24, 2.45) is 7.05 Å². The first-order valence-electron chi connectivity index (χ1n) is 10.1. The van der Waals surface area contributed by atoms with Crippen molar-refractivity contribution in [3.05, 3.63) is 70.6 Å². The van der Waals surface area contributed by atoms with Gasteiger partial charge in [-0.3, -0.25) is 14.6 Å². The highest BCUT2D eigenvalue weighted by Crippen LogP contribution is 2.33. The van der Waals surface area contributed by atoms with Gasteiger partial charge >= 0.3 is 0 Å². The van der Waals surface area contributed by atoms with Gasteiger partial charge < -0.3 is 9.32 Å². The lowest BCUT2D eigenvalue weighted by molar-refractivity contribution is 0.0563. The maximum absolute atomic E-state index is 13.1. The molecule has 31 heavy (non-hydrogen) atoms. The highest BCUT2D eigenvalue weighted by Gasteiger charge is 2.33. The molecule has 0 saturated carbocycles. The van der Waals surface area contributed by atoms with Crippen LogP contribution in [-0.4, -0.2) is 42.3 Å². The van der Waals surface area contributed by atoms with Gasteiger partial charge in [-0.25, -0.2) is 4.68 Å². The molecule has 0 aliphatic carbocycles. The lowest BCUT2D eigenvalue weighted by atomic mass is 10.0. The summed E-state index contributed by atoms with van der Waals surface area (Å²) in [6, 6.07) is 12.2. The Labute approximate surface area is 177 Å². The molecule has 1 amide bonds. The molecule has 1 aliphatic heterocycles. The van der Waals surface area contributed by atoms with Crippen molar-refractivity contribution in [2.75, 3.05) is 6.54 Å². The van der Waals surface area contributed by atoms with E-state index in [4.69, 9.17) is 4.42 Å². The zero-order valence-electron chi connectivity index (χ0n) is 16.9. The number of amides is 1. The number of fused-ring (bicyclic) bond motifs is 1. The van der Waals surface area contributed by atoms with E-state index in [0.717, 1.165) is 28.3 Å². The second kappa shape index (κ2) is 7.75. The number of aryl methyl sites for hydroxylation is 1. The lowest BCUT2D eigenvalue weighted by Crippen LogP contribution is -2.39. The molecule has 4 aromatic rings. The number of pyridine rings is 1. The third-order valence-corrected chi connectivity index (χ3v) is 5.55. The molecule has 5 rings (SSSR count). The fourth-order valence-corrected chi connectivity index (χ4v) is 3.95. The Balaban J connectivity index is 1.49. The summed E-state index contributed by atoms with van der Waals surface area (Å²) in [6.07, 6.45) is 4.24. The molecule has 9 nitrogen and oxygen atoms in total. The molecular formula is C22H20N6O3. The first-order chi connectivity index (χ1) is 15.1. The summed E-state index contributed by atoms with van der Waals surface area (Å²) < 4.78 is 7.18. The number of benzene rings is 1. The maximum Gasteiger partial charge on any atom is 0.274 e. The van der Waals surface area contributed by atoms with Gasteiger partial charge in [-0.2, -0.15) is 5.10 Å². The predicted octanol–water partition coefficient (Wildman–Crippen LogP) is 2.75. The molecule has 1 atom stereocenters. The van der Waals surface area contributed by atoms with Gasteiger partial charge in [0.15, 0.2) is 0 Å². The van der Waals surface area contributed by atoms with Crippen LogP contribution in [0.3, 0.4) is 0 Å². The molecule has 1 aliphatic rings. The van der Waals surface area contributed by atoms with Crippen LogP contribution in [0.25, 0.3) is 22.4 Å². The van der Waals surface area contributed by atoms with E-state index in [0.29, 0.717) is 30.4 Å². The van der Waals surface area contributed by atoms with Crippen LogP contribution in [0.1, 0.15) is 41.7 Å². The van der Waals surface area contributed by atoms with Gasteiger partial charge in [-0.05, 0) is 36.8 Å². The van der Waals surface area contributed by atoms with E-state index in [9.17, 15) is 9.59 Å². The molecule has 3 aromatic heterocycles. The largest absolute Gasteiger partial charge is 0.417 e. The van der Waals surface area contributed by atoms with Crippen LogP contribution in [0.2, 0.25) is 0 Å². The molecule has 0 bridgehead atoms. The summed E-state index contributed by atoms with van der Waals surface area (Å²) in [6.45, 7) is 0.554. The average Bonchev–Trinajstić information content (AvgIpc) is 3.30. The number of likely N-dealkylation sites (tertiary alicyclic amines) is 1. The first-order valence-corrected chi connectivity index (χ1v) is 10.1. The van der Waals surface area contributed by atoms with E-state index < -0.39 is 0 Å². The third-order valence-electron chi connectivity index (χ3n) is 5.55. The molecular weight excluding hydrogens is 396 g/mol. The molecule has 0 radical (unpaired) electrons. The number of rotatable bonds is 3. The Morgan fingerprint density at radius 3 is 2.84 bits per heavy atom. The molecule has 156 valence electrons. The van der Waals surface area contributed by atoms with Crippen LogP contribution in [0.4, 0.5) is 0 Å². The van der Waals surface area contributed by atoms with Crippen molar-refractivity contribution >= 4 is 16.7 Å². The van der Waals surface area contributed by atoms with E-state index in [1.807, 2.05) is 30.3 Å². The lowest BCUT2D eigenvalue weighted by Gasteiger charge is -2.33. The summed E-state index contributed by atoms with van der Waals surface area (Å²) >= 11 is 0. The van der Waals surface area contributed by atoms with Crippen LogP contribution in [0.5, 0.6) is 0 Å². The van der Waals surface area contributed by atoms with E-state index in [1.54, 1.807) is 11.1 Å². The van der Waals surface area contributed by atoms with Crippen molar-refractivity contribution in [3.8, 4) is 11.6 Å². The Morgan fingerprint density at radius 1 is 1.10 bits per heavy atom. The number of aromatic nitrogens is 5. The summed E-state index contributed by atoms with van der Waals surface area (Å²) in [5.74, 6) is 0.441. The molecule has 1 saturated heterocycles. The van der Waals surface area contributed by atoms with Crippen molar-refractivity contribution in [1.82, 2.24) is 29.9 Å².